The van der Waals surface area contributed by atoms with E-state index >= 15 is 0 Å². The zero-order valence-electron chi connectivity index (χ0n) is 13.1. The van der Waals surface area contributed by atoms with Crippen LogP contribution in [0.3, 0.4) is 0 Å². The molecule has 1 saturated heterocycles. The topological polar surface area (TPSA) is 104 Å². The van der Waals surface area contributed by atoms with Gasteiger partial charge in [0.15, 0.2) is 0 Å². The van der Waals surface area contributed by atoms with Crippen LogP contribution < -0.4 is 4.72 Å². The molecule has 2 aliphatic rings. The van der Waals surface area contributed by atoms with Crippen molar-refractivity contribution in [1.29, 1.82) is 0 Å². The fraction of sp³-hybridized carbons (Fsp3) is 0.500. The summed E-state index contributed by atoms with van der Waals surface area (Å²) in [6, 6.07) is 5.81. The zero-order chi connectivity index (χ0) is 17.3. The van der Waals surface area contributed by atoms with Crippen molar-refractivity contribution < 1.29 is 23.1 Å². The Kier molecular flexibility index (Phi) is 4.60. The minimum absolute atomic E-state index is 0.0256. The number of hydrogen-bond donors (Lipinski definition) is 2. The number of amides is 1. The summed E-state index contributed by atoms with van der Waals surface area (Å²) in [5.41, 5.74) is 0.367. The summed E-state index contributed by atoms with van der Waals surface area (Å²) >= 11 is 0. The molecule has 3 rings (SSSR count). The maximum Gasteiger partial charge on any atom is 0.308 e. The zero-order valence-corrected chi connectivity index (χ0v) is 14.0. The molecule has 1 atom stereocenters. The quantitative estimate of drug-likeness (QED) is 0.825. The summed E-state index contributed by atoms with van der Waals surface area (Å²) in [5.74, 6) is -1.69. The van der Waals surface area contributed by atoms with E-state index in [4.69, 9.17) is 5.11 Å². The third-order valence-corrected chi connectivity index (χ3v) is 5.90. The van der Waals surface area contributed by atoms with Crippen LogP contribution in [0.4, 0.5) is 0 Å². The lowest BCUT2D eigenvalue weighted by Crippen LogP contribution is -2.42. The molecule has 24 heavy (non-hydrogen) atoms. The molecule has 0 unspecified atom stereocenters. The Labute approximate surface area is 140 Å². The molecule has 0 bridgehead atoms. The highest BCUT2D eigenvalue weighted by molar-refractivity contribution is 7.89. The number of nitrogens with zero attached hydrogens (tertiary/aromatic N) is 1. The predicted octanol–water partition coefficient (Wildman–Crippen LogP) is 1.06. The number of carboxylic acids is 1. The van der Waals surface area contributed by atoms with Gasteiger partial charge in [0.25, 0.3) is 5.91 Å². The normalized spacial score (nSPS) is 21.5. The van der Waals surface area contributed by atoms with E-state index < -0.39 is 21.9 Å². The maximum atomic E-state index is 12.5. The second-order valence-electron chi connectivity index (χ2n) is 6.35. The van der Waals surface area contributed by atoms with E-state index in [9.17, 15) is 18.0 Å². The number of rotatable bonds is 5. The minimum Gasteiger partial charge on any atom is -0.481 e. The summed E-state index contributed by atoms with van der Waals surface area (Å²) in [6.07, 6.45) is 2.94. The lowest BCUT2D eigenvalue weighted by molar-refractivity contribution is -0.143. The van der Waals surface area contributed by atoms with Crippen molar-refractivity contribution in [2.75, 3.05) is 13.1 Å². The van der Waals surface area contributed by atoms with Crippen molar-refractivity contribution in [2.45, 2.75) is 36.6 Å². The highest BCUT2D eigenvalue weighted by atomic mass is 32.2. The fourth-order valence-electron chi connectivity index (χ4n) is 2.81. The summed E-state index contributed by atoms with van der Waals surface area (Å²) < 4.78 is 26.8. The first-order chi connectivity index (χ1) is 11.4. The van der Waals surface area contributed by atoms with Gasteiger partial charge in [-0.15, -0.1) is 0 Å². The van der Waals surface area contributed by atoms with E-state index in [-0.39, 0.29) is 23.4 Å². The van der Waals surface area contributed by atoms with E-state index in [0.717, 1.165) is 12.8 Å². The van der Waals surface area contributed by atoms with Crippen LogP contribution in [0, 0.1) is 5.92 Å². The Balaban J connectivity index is 1.70. The maximum absolute atomic E-state index is 12.5. The van der Waals surface area contributed by atoms with E-state index in [1.54, 1.807) is 0 Å². The molecular weight excluding hydrogens is 332 g/mol. The third kappa shape index (κ3) is 3.76. The number of aliphatic carboxylic acids is 1. The Hall–Kier alpha value is -1.93. The van der Waals surface area contributed by atoms with Crippen molar-refractivity contribution >= 4 is 21.9 Å². The van der Waals surface area contributed by atoms with Crippen LogP contribution >= 0.6 is 0 Å². The van der Waals surface area contributed by atoms with E-state index in [1.165, 1.54) is 29.2 Å². The summed E-state index contributed by atoms with van der Waals surface area (Å²) in [5, 5.41) is 9.10. The number of benzene rings is 1. The minimum atomic E-state index is -3.54. The molecule has 1 aliphatic heterocycles. The standard InChI is InChI=1S/C16H20N2O5S/c19-15(18-9-1-2-12(10-18)16(20)21)11-3-7-14(8-4-11)24(22,23)17-13-5-6-13/h3-4,7-8,12-13,17H,1-2,5-6,9-10H2,(H,20,21)/t12-/m0/s1. The first kappa shape index (κ1) is 16.9. The molecule has 1 saturated carbocycles. The average Bonchev–Trinajstić information content (AvgIpc) is 3.37. The van der Waals surface area contributed by atoms with Crippen LogP contribution in [0.5, 0.6) is 0 Å². The number of hydrogen-bond acceptors (Lipinski definition) is 4. The number of carbonyl (C=O) groups excluding carboxylic acids is 1. The van der Waals surface area contributed by atoms with Gasteiger partial charge in [0.1, 0.15) is 0 Å². The average molecular weight is 352 g/mol. The van der Waals surface area contributed by atoms with Crippen molar-refractivity contribution in [3.63, 3.8) is 0 Å². The van der Waals surface area contributed by atoms with Gasteiger partial charge in [-0.25, -0.2) is 13.1 Å². The number of sulfonamides is 1. The summed E-state index contributed by atoms with van der Waals surface area (Å²) in [7, 11) is -3.54. The van der Waals surface area contributed by atoms with Crippen LogP contribution in [0.15, 0.2) is 29.2 Å². The van der Waals surface area contributed by atoms with Gasteiger partial charge < -0.3 is 10.0 Å². The molecule has 2 fully saturated rings. The van der Waals surface area contributed by atoms with Crippen molar-refractivity contribution in [3.05, 3.63) is 29.8 Å². The molecule has 130 valence electrons. The van der Waals surface area contributed by atoms with Gasteiger partial charge in [0, 0.05) is 24.7 Å². The second-order valence-corrected chi connectivity index (χ2v) is 8.06. The van der Waals surface area contributed by atoms with E-state index in [2.05, 4.69) is 4.72 Å². The van der Waals surface area contributed by atoms with Gasteiger partial charge in [-0.3, -0.25) is 9.59 Å². The molecule has 1 amide bonds. The fourth-order valence-corrected chi connectivity index (χ4v) is 4.12. The van der Waals surface area contributed by atoms with Crippen LogP contribution in [0.1, 0.15) is 36.0 Å². The summed E-state index contributed by atoms with van der Waals surface area (Å²) in [6.45, 7) is 0.712. The van der Waals surface area contributed by atoms with E-state index in [0.29, 0.717) is 24.9 Å². The Morgan fingerprint density at radius 3 is 2.38 bits per heavy atom. The number of carboxylic acid groups (broad SMARTS) is 1. The second kappa shape index (κ2) is 6.52. The largest absolute Gasteiger partial charge is 0.481 e. The molecule has 2 N–H and O–H groups in total. The predicted molar refractivity (Wildman–Crippen MR) is 86.0 cm³/mol. The molecule has 1 heterocycles. The monoisotopic (exact) mass is 352 g/mol. The first-order valence-corrected chi connectivity index (χ1v) is 9.49. The Morgan fingerprint density at radius 2 is 1.79 bits per heavy atom. The molecule has 1 aliphatic carbocycles. The molecule has 0 aromatic heterocycles. The van der Waals surface area contributed by atoms with Gasteiger partial charge in [-0.05, 0) is 49.9 Å². The van der Waals surface area contributed by atoms with E-state index in [1.807, 2.05) is 0 Å². The molecule has 1 aromatic carbocycles. The van der Waals surface area contributed by atoms with Crippen molar-refractivity contribution in [1.82, 2.24) is 9.62 Å². The van der Waals surface area contributed by atoms with Crippen molar-refractivity contribution in [3.8, 4) is 0 Å². The Morgan fingerprint density at radius 1 is 1.12 bits per heavy atom. The smallest absolute Gasteiger partial charge is 0.308 e. The SMILES string of the molecule is O=C(O)[C@H]1CCCN(C(=O)c2ccc(S(=O)(=O)NC3CC3)cc2)C1. The van der Waals surface area contributed by atoms with Gasteiger partial charge in [0.05, 0.1) is 10.8 Å². The highest BCUT2D eigenvalue weighted by Crippen LogP contribution is 2.23. The molecule has 7 nitrogen and oxygen atoms in total. The van der Waals surface area contributed by atoms with Gasteiger partial charge >= 0.3 is 5.97 Å². The number of likely N-dealkylation sites (tertiary alicyclic amines) is 1. The first-order valence-electron chi connectivity index (χ1n) is 8.01. The van der Waals surface area contributed by atoms with Gasteiger partial charge in [-0.2, -0.15) is 0 Å². The molecular formula is C16H20N2O5S. The van der Waals surface area contributed by atoms with Crippen LogP contribution in [-0.4, -0.2) is 49.4 Å². The molecule has 1 aromatic rings. The number of piperidine rings is 1. The van der Waals surface area contributed by atoms with Gasteiger partial charge in [-0.1, -0.05) is 0 Å². The third-order valence-electron chi connectivity index (χ3n) is 4.37. The molecule has 0 spiro atoms. The van der Waals surface area contributed by atoms with Crippen LogP contribution in [0.25, 0.3) is 0 Å². The van der Waals surface area contributed by atoms with Gasteiger partial charge in [0.2, 0.25) is 10.0 Å². The molecule has 8 heteroatoms. The van der Waals surface area contributed by atoms with Crippen LogP contribution in [-0.2, 0) is 14.8 Å². The lowest BCUT2D eigenvalue weighted by atomic mass is 9.97. The Bertz CT molecular complexity index is 740. The molecule has 0 radical (unpaired) electrons. The van der Waals surface area contributed by atoms with Crippen molar-refractivity contribution in [2.24, 2.45) is 5.92 Å². The number of carbonyl (C=O) groups is 2. The van der Waals surface area contributed by atoms with Crippen LogP contribution in [0.2, 0.25) is 0 Å². The summed E-state index contributed by atoms with van der Waals surface area (Å²) in [4.78, 5) is 25.2. The highest BCUT2D eigenvalue weighted by Gasteiger charge is 2.30. The lowest BCUT2D eigenvalue weighted by Gasteiger charge is -2.30. The number of nitrogens with one attached hydrogen (secondary N) is 1.